The second-order valence-electron chi connectivity index (χ2n) is 8.93. The largest absolute Gasteiger partial charge is 0.463 e. The van der Waals surface area contributed by atoms with E-state index < -0.39 is 29.5 Å². The molecule has 0 saturated heterocycles. The highest BCUT2D eigenvalue weighted by Gasteiger charge is 2.22. The van der Waals surface area contributed by atoms with E-state index in [2.05, 4.69) is 20.4 Å². The zero-order valence-electron chi connectivity index (χ0n) is 21.0. The van der Waals surface area contributed by atoms with Gasteiger partial charge in [0.15, 0.2) is 0 Å². The van der Waals surface area contributed by atoms with Crippen LogP contribution in [0.3, 0.4) is 0 Å². The standard InChI is InChI=1S/C23H28N6O7/c1-23(2,3)36-22(33)25-14-8-15(27(4)11-14)19(30)24-13-9-16(28(5)10-13)20(31)35-17-12-29(6)18(26-17)21(32)34-7/h8-12H,1-7H3,(H,24,30)(H,25,33). The Bertz CT molecular complexity index is 1330. The van der Waals surface area contributed by atoms with Crippen molar-refractivity contribution in [2.75, 3.05) is 17.7 Å². The van der Waals surface area contributed by atoms with Crippen LogP contribution in [-0.2, 0) is 30.6 Å². The molecule has 0 unspecified atom stereocenters. The van der Waals surface area contributed by atoms with Gasteiger partial charge >= 0.3 is 18.0 Å². The van der Waals surface area contributed by atoms with Crippen LogP contribution >= 0.6 is 0 Å². The van der Waals surface area contributed by atoms with Gasteiger partial charge in [-0.15, -0.1) is 0 Å². The minimum absolute atomic E-state index is 0.0248. The van der Waals surface area contributed by atoms with Gasteiger partial charge in [-0.05, 0) is 32.9 Å². The number of aryl methyl sites for hydroxylation is 3. The van der Waals surface area contributed by atoms with E-state index in [0.29, 0.717) is 11.4 Å². The summed E-state index contributed by atoms with van der Waals surface area (Å²) in [6.07, 6.45) is 3.84. The molecule has 3 heterocycles. The smallest absolute Gasteiger partial charge is 0.412 e. The number of hydrogen-bond acceptors (Lipinski definition) is 8. The van der Waals surface area contributed by atoms with Gasteiger partial charge in [-0.2, -0.15) is 4.98 Å². The third kappa shape index (κ3) is 6.11. The number of carbonyl (C=O) groups is 4. The molecule has 36 heavy (non-hydrogen) atoms. The number of anilines is 2. The van der Waals surface area contributed by atoms with E-state index in [1.54, 1.807) is 52.7 Å². The van der Waals surface area contributed by atoms with Crippen LogP contribution in [0.25, 0.3) is 0 Å². The van der Waals surface area contributed by atoms with Gasteiger partial charge in [0.25, 0.3) is 5.91 Å². The highest BCUT2D eigenvalue weighted by molar-refractivity contribution is 6.05. The predicted molar refractivity (Wildman–Crippen MR) is 128 cm³/mol. The molecule has 0 bridgehead atoms. The molecular weight excluding hydrogens is 472 g/mol. The monoisotopic (exact) mass is 500 g/mol. The molecule has 2 N–H and O–H groups in total. The first-order valence-electron chi connectivity index (χ1n) is 10.8. The van der Waals surface area contributed by atoms with Gasteiger partial charge in [0, 0.05) is 33.5 Å². The van der Waals surface area contributed by atoms with Crippen molar-refractivity contribution in [1.29, 1.82) is 0 Å². The second kappa shape index (κ2) is 9.98. The Morgan fingerprint density at radius 1 is 0.833 bits per heavy atom. The SMILES string of the molecule is COC(=O)c1nc(OC(=O)c2cc(NC(=O)c3cc(NC(=O)OC(C)(C)C)cn3C)cn2C)cn1C. The summed E-state index contributed by atoms with van der Waals surface area (Å²) in [6, 6.07) is 2.94. The summed E-state index contributed by atoms with van der Waals surface area (Å²) in [5.41, 5.74) is 0.461. The van der Waals surface area contributed by atoms with E-state index in [1.165, 1.54) is 40.8 Å². The summed E-state index contributed by atoms with van der Waals surface area (Å²) in [5, 5.41) is 5.29. The summed E-state index contributed by atoms with van der Waals surface area (Å²) < 4.78 is 19.5. The minimum atomic E-state index is -0.741. The van der Waals surface area contributed by atoms with E-state index in [4.69, 9.17) is 9.47 Å². The molecule has 0 aromatic carbocycles. The molecule has 2 amide bonds. The Morgan fingerprint density at radius 2 is 1.42 bits per heavy atom. The lowest BCUT2D eigenvalue weighted by Crippen LogP contribution is -2.27. The molecule has 0 aliphatic carbocycles. The molecule has 3 aromatic heterocycles. The van der Waals surface area contributed by atoms with Crippen LogP contribution in [0.2, 0.25) is 0 Å². The van der Waals surface area contributed by atoms with Gasteiger partial charge in [-0.1, -0.05) is 0 Å². The molecule has 3 rings (SSSR count). The van der Waals surface area contributed by atoms with Gasteiger partial charge in [-0.3, -0.25) is 10.1 Å². The molecule has 192 valence electrons. The number of aromatic nitrogens is 4. The molecular formula is C23H28N6O7. The van der Waals surface area contributed by atoms with Crippen LogP contribution in [0, 0.1) is 0 Å². The summed E-state index contributed by atoms with van der Waals surface area (Å²) in [4.78, 5) is 53.1. The first-order chi connectivity index (χ1) is 16.8. The number of rotatable bonds is 6. The van der Waals surface area contributed by atoms with Crippen molar-refractivity contribution < 1.29 is 33.4 Å². The highest BCUT2D eigenvalue weighted by atomic mass is 16.6. The summed E-state index contributed by atoms with van der Waals surface area (Å²) in [5.74, 6) is -1.98. The predicted octanol–water partition coefficient (Wildman–Crippen LogP) is 2.70. The molecule has 13 nitrogen and oxygen atoms in total. The van der Waals surface area contributed by atoms with Gasteiger partial charge in [0.2, 0.25) is 11.7 Å². The molecule has 0 radical (unpaired) electrons. The number of carbonyl (C=O) groups excluding carboxylic acids is 4. The van der Waals surface area contributed by atoms with Crippen LogP contribution < -0.4 is 15.4 Å². The summed E-state index contributed by atoms with van der Waals surface area (Å²) in [7, 11) is 6.04. The Labute approximate surface area is 206 Å². The number of imidazole rings is 1. The average molecular weight is 501 g/mol. The van der Waals surface area contributed by atoms with Crippen molar-refractivity contribution in [3.8, 4) is 5.88 Å². The zero-order chi connectivity index (χ0) is 26.8. The fourth-order valence-corrected chi connectivity index (χ4v) is 3.23. The summed E-state index contributed by atoms with van der Waals surface area (Å²) >= 11 is 0. The molecule has 0 spiro atoms. The Hall–Kier alpha value is -4.55. The van der Waals surface area contributed by atoms with E-state index >= 15 is 0 Å². The van der Waals surface area contributed by atoms with Crippen molar-refractivity contribution in [2.24, 2.45) is 21.1 Å². The van der Waals surface area contributed by atoms with Crippen molar-refractivity contribution in [2.45, 2.75) is 26.4 Å². The fraction of sp³-hybridized carbons (Fsp3) is 0.348. The number of ether oxygens (including phenoxy) is 3. The minimum Gasteiger partial charge on any atom is -0.463 e. The molecule has 0 saturated carbocycles. The molecule has 3 aromatic rings. The van der Waals surface area contributed by atoms with Crippen molar-refractivity contribution in [1.82, 2.24) is 18.7 Å². The van der Waals surface area contributed by atoms with Crippen molar-refractivity contribution in [3.63, 3.8) is 0 Å². The molecule has 0 aliphatic heterocycles. The molecule has 13 heteroatoms. The third-order valence-electron chi connectivity index (χ3n) is 4.77. The Morgan fingerprint density at radius 3 is 2.03 bits per heavy atom. The Kier molecular flexibility index (Phi) is 7.22. The van der Waals surface area contributed by atoms with Gasteiger partial charge in [0.05, 0.1) is 24.7 Å². The number of amides is 2. The van der Waals surface area contributed by atoms with E-state index in [0.717, 1.165) is 0 Å². The lowest BCUT2D eigenvalue weighted by atomic mass is 10.2. The van der Waals surface area contributed by atoms with E-state index in [-0.39, 0.29) is 23.1 Å². The number of nitrogens with one attached hydrogen (secondary N) is 2. The van der Waals surface area contributed by atoms with Crippen molar-refractivity contribution in [3.05, 3.63) is 47.9 Å². The maximum absolute atomic E-state index is 12.8. The van der Waals surface area contributed by atoms with Crippen LogP contribution in [0.4, 0.5) is 16.2 Å². The highest BCUT2D eigenvalue weighted by Crippen LogP contribution is 2.20. The maximum atomic E-state index is 12.8. The number of nitrogens with zero attached hydrogens (tertiary/aromatic N) is 4. The van der Waals surface area contributed by atoms with Crippen molar-refractivity contribution >= 4 is 35.3 Å². The molecule has 0 atom stereocenters. The lowest BCUT2D eigenvalue weighted by Gasteiger charge is -2.19. The van der Waals surface area contributed by atoms with E-state index in [9.17, 15) is 19.2 Å². The van der Waals surface area contributed by atoms with Gasteiger partial charge in [0.1, 0.15) is 17.0 Å². The fourth-order valence-electron chi connectivity index (χ4n) is 3.23. The molecule has 0 fully saturated rings. The van der Waals surface area contributed by atoms with Crippen LogP contribution in [-0.4, -0.2) is 55.3 Å². The molecule has 0 aliphatic rings. The summed E-state index contributed by atoms with van der Waals surface area (Å²) in [6.45, 7) is 5.24. The number of esters is 2. The second-order valence-corrected chi connectivity index (χ2v) is 8.93. The van der Waals surface area contributed by atoms with Crippen LogP contribution in [0.15, 0.2) is 30.7 Å². The third-order valence-corrected chi connectivity index (χ3v) is 4.77. The Balaban J connectivity index is 1.68. The normalized spacial score (nSPS) is 11.1. The quantitative estimate of drug-likeness (QED) is 0.491. The first-order valence-corrected chi connectivity index (χ1v) is 10.8. The van der Waals surface area contributed by atoms with Gasteiger partial charge < -0.3 is 33.2 Å². The van der Waals surface area contributed by atoms with Crippen LogP contribution in [0.1, 0.15) is 52.4 Å². The van der Waals surface area contributed by atoms with E-state index in [1.807, 2.05) is 0 Å². The average Bonchev–Trinajstić information content (AvgIpc) is 3.42. The topological polar surface area (TPSA) is 148 Å². The number of methoxy groups -OCH3 is 1. The lowest BCUT2D eigenvalue weighted by molar-refractivity contribution is 0.0578. The maximum Gasteiger partial charge on any atom is 0.412 e. The van der Waals surface area contributed by atoms with Gasteiger partial charge in [-0.25, -0.2) is 14.4 Å². The first kappa shape index (κ1) is 26.1. The van der Waals surface area contributed by atoms with Crippen LogP contribution in [0.5, 0.6) is 5.88 Å². The zero-order valence-corrected chi connectivity index (χ0v) is 21.0. The number of hydrogen-bond donors (Lipinski definition) is 2.